The highest BCUT2D eigenvalue weighted by molar-refractivity contribution is 6.21. The van der Waals surface area contributed by atoms with E-state index in [-0.39, 0.29) is 18.8 Å². The summed E-state index contributed by atoms with van der Waals surface area (Å²) in [6, 6.07) is 7.74. The molecule has 0 saturated heterocycles. The van der Waals surface area contributed by atoms with Crippen molar-refractivity contribution in [1.82, 2.24) is 4.90 Å². The Labute approximate surface area is 164 Å². The first-order chi connectivity index (χ1) is 13.0. The molecule has 0 aromatic heterocycles. The van der Waals surface area contributed by atoms with E-state index in [4.69, 9.17) is 16.2 Å². The summed E-state index contributed by atoms with van der Waals surface area (Å²) in [6.07, 6.45) is 0.275. The topological polar surface area (TPSA) is 143 Å². The lowest BCUT2D eigenvalue weighted by Gasteiger charge is -2.25. The van der Waals surface area contributed by atoms with Crippen LogP contribution in [0.2, 0.25) is 0 Å². The third-order valence-electron chi connectivity index (χ3n) is 3.30. The number of nitriles is 1. The van der Waals surface area contributed by atoms with Crippen LogP contribution in [0.3, 0.4) is 0 Å². The number of rotatable bonds is 5. The first-order valence-corrected chi connectivity index (χ1v) is 8.52. The van der Waals surface area contributed by atoms with Crippen LogP contribution in [0.5, 0.6) is 0 Å². The van der Waals surface area contributed by atoms with Gasteiger partial charge in [-0.05, 0) is 45.0 Å². The number of nitrogens with two attached hydrogens (primary N) is 2. The van der Waals surface area contributed by atoms with Gasteiger partial charge >= 0.3 is 6.09 Å². The molecule has 0 aliphatic rings. The molecule has 0 fully saturated rings. The van der Waals surface area contributed by atoms with Crippen molar-refractivity contribution in [2.75, 3.05) is 23.7 Å². The van der Waals surface area contributed by atoms with E-state index < -0.39 is 29.1 Å². The molecule has 1 aromatic carbocycles. The van der Waals surface area contributed by atoms with Crippen LogP contribution in [0, 0.1) is 11.3 Å². The first kappa shape index (κ1) is 22.7. The van der Waals surface area contributed by atoms with Crippen molar-refractivity contribution in [3.63, 3.8) is 0 Å². The molecule has 0 saturated carbocycles. The number of carbonyl (C=O) groups excluding carboxylic acids is 3. The number of carbonyl (C=O) groups is 3. The Hall–Kier alpha value is -3.38. The van der Waals surface area contributed by atoms with Gasteiger partial charge in [-0.15, -0.1) is 0 Å². The summed E-state index contributed by atoms with van der Waals surface area (Å²) < 4.78 is 5.25. The molecule has 0 radical (unpaired) electrons. The molecule has 28 heavy (non-hydrogen) atoms. The van der Waals surface area contributed by atoms with Gasteiger partial charge in [0.25, 0.3) is 5.91 Å². The molecule has 1 aromatic rings. The fourth-order valence-electron chi connectivity index (χ4n) is 2.14. The Kier molecular flexibility index (Phi) is 7.71. The molecule has 9 nitrogen and oxygen atoms in total. The molecule has 150 valence electrons. The summed E-state index contributed by atoms with van der Waals surface area (Å²) in [4.78, 5) is 39.0. The Bertz CT molecular complexity index is 803. The normalized spacial score (nSPS) is 11.4. The maximum absolute atomic E-state index is 12.8. The Morgan fingerprint density at radius 2 is 1.79 bits per heavy atom. The minimum atomic E-state index is -0.884. The van der Waals surface area contributed by atoms with Crippen molar-refractivity contribution < 1.29 is 19.1 Å². The number of amides is 3. The number of hydrogen-bond acceptors (Lipinski definition) is 7. The van der Waals surface area contributed by atoms with E-state index in [1.807, 2.05) is 0 Å². The van der Waals surface area contributed by atoms with E-state index in [0.717, 1.165) is 16.0 Å². The molecule has 0 aliphatic carbocycles. The van der Waals surface area contributed by atoms with Gasteiger partial charge in [0, 0.05) is 31.9 Å². The molecule has 3 amide bonds. The fraction of sp³-hybridized carbons (Fsp3) is 0.368. The predicted octanol–water partition coefficient (Wildman–Crippen LogP) is 1.75. The molecule has 0 unspecified atom stereocenters. The highest BCUT2D eigenvalue weighted by Crippen LogP contribution is 2.19. The minimum absolute atomic E-state index is 0.0231. The molecule has 0 atom stereocenters. The van der Waals surface area contributed by atoms with Crippen molar-refractivity contribution in [3.8, 4) is 6.07 Å². The third kappa shape index (κ3) is 6.41. The third-order valence-corrected chi connectivity index (χ3v) is 3.30. The van der Waals surface area contributed by atoms with Crippen LogP contribution in [-0.4, -0.2) is 41.5 Å². The Morgan fingerprint density at radius 1 is 1.21 bits per heavy atom. The van der Waals surface area contributed by atoms with E-state index in [9.17, 15) is 19.6 Å². The van der Waals surface area contributed by atoms with Gasteiger partial charge in [0.15, 0.2) is 0 Å². The molecular formula is C19H25N5O4. The van der Waals surface area contributed by atoms with E-state index in [2.05, 4.69) is 0 Å². The van der Waals surface area contributed by atoms with Crippen molar-refractivity contribution >= 4 is 29.3 Å². The highest BCUT2D eigenvalue weighted by Gasteiger charge is 2.27. The minimum Gasteiger partial charge on any atom is -0.443 e. The van der Waals surface area contributed by atoms with Crippen LogP contribution >= 0.6 is 0 Å². The zero-order valence-electron chi connectivity index (χ0n) is 16.4. The van der Waals surface area contributed by atoms with Gasteiger partial charge in [-0.1, -0.05) is 0 Å². The van der Waals surface area contributed by atoms with E-state index in [1.165, 1.54) is 31.2 Å². The van der Waals surface area contributed by atoms with Crippen molar-refractivity contribution in [2.24, 2.45) is 5.73 Å². The fourth-order valence-corrected chi connectivity index (χ4v) is 2.14. The number of benzene rings is 1. The van der Waals surface area contributed by atoms with Crippen molar-refractivity contribution in [1.29, 1.82) is 5.26 Å². The maximum Gasteiger partial charge on any atom is 0.414 e. The van der Waals surface area contributed by atoms with E-state index in [1.54, 1.807) is 26.8 Å². The largest absolute Gasteiger partial charge is 0.443 e. The van der Waals surface area contributed by atoms with Crippen LogP contribution in [0.15, 0.2) is 36.0 Å². The molecule has 0 aliphatic heterocycles. The first-order valence-electron chi connectivity index (χ1n) is 8.52. The lowest BCUT2D eigenvalue weighted by Crippen LogP contribution is -2.39. The zero-order valence-corrected chi connectivity index (χ0v) is 16.4. The maximum atomic E-state index is 12.8. The van der Waals surface area contributed by atoms with Gasteiger partial charge in [-0.2, -0.15) is 5.26 Å². The molecule has 1 rings (SSSR count). The lowest BCUT2D eigenvalue weighted by atomic mass is 10.2. The van der Waals surface area contributed by atoms with Crippen molar-refractivity contribution in [3.05, 3.63) is 36.0 Å². The molecule has 4 N–H and O–H groups in total. The summed E-state index contributed by atoms with van der Waals surface area (Å²) in [5, 5.41) is 9.44. The number of nitrogen functional groups attached to an aromatic ring is 1. The van der Waals surface area contributed by atoms with Crippen molar-refractivity contribution in [2.45, 2.75) is 33.3 Å². The van der Waals surface area contributed by atoms with Gasteiger partial charge in [0.2, 0.25) is 5.91 Å². The van der Waals surface area contributed by atoms with Crippen LogP contribution in [0.25, 0.3) is 0 Å². The number of imide groups is 1. The summed E-state index contributed by atoms with van der Waals surface area (Å²) in [7, 11) is 0. The second-order valence-corrected chi connectivity index (χ2v) is 6.87. The smallest absolute Gasteiger partial charge is 0.414 e. The van der Waals surface area contributed by atoms with Crippen LogP contribution in [0.1, 0.15) is 27.7 Å². The summed E-state index contributed by atoms with van der Waals surface area (Å²) in [5.41, 5.74) is 10.6. The second-order valence-electron chi connectivity index (χ2n) is 6.87. The Balaban J connectivity index is 3.26. The average molecular weight is 387 g/mol. The highest BCUT2D eigenvalue weighted by atomic mass is 16.6. The van der Waals surface area contributed by atoms with Gasteiger partial charge in [0.05, 0.1) is 5.69 Å². The predicted molar refractivity (Wildman–Crippen MR) is 105 cm³/mol. The van der Waals surface area contributed by atoms with E-state index in [0.29, 0.717) is 5.69 Å². The molecule has 0 spiro atoms. The van der Waals surface area contributed by atoms with Crippen LogP contribution in [0.4, 0.5) is 16.2 Å². The summed E-state index contributed by atoms with van der Waals surface area (Å²) in [6.45, 7) is 6.35. The lowest BCUT2D eigenvalue weighted by molar-refractivity contribution is -0.123. The number of hydrogen-bond donors (Lipinski definition) is 2. The number of anilines is 2. The standard InChI is InChI=1S/C19H25N5O4/c1-13(25)24(16-7-5-15(22)6-8-16)17(26)14(11-21)12-23(10-9-20)18(27)28-19(2,3)4/h5-8,12H,9-10,20,22H2,1-4H3/b14-12-. The van der Waals surface area contributed by atoms with Gasteiger partial charge in [0.1, 0.15) is 17.2 Å². The van der Waals surface area contributed by atoms with Gasteiger partial charge < -0.3 is 16.2 Å². The van der Waals surface area contributed by atoms with Gasteiger partial charge in [-0.3, -0.25) is 14.5 Å². The Morgan fingerprint density at radius 3 is 2.21 bits per heavy atom. The van der Waals surface area contributed by atoms with E-state index >= 15 is 0 Å². The quantitative estimate of drug-likeness (QED) is 0.445. The molecular weight excluding hydrogens is 362 g/mol. The number of ether oxygens (including phenoxy) is 1. The SMILES string of the molecule is CC(=O)N(C(=O)/C(C#N)=C\N(CCN)C(=O)OC(C)(C)C)c1ccc(N)cc1. The number of nitrogens with zero attached hydrogens (tertiary/aromatic N) is 3. The second kappa shape index (κ2) is 9.53. The molecule has 0 heterocycles. The summed E-state index contributed by atoms with van der Waals surface area (Å²) >= 11 is 0. The van der Waals surface area contributed by atoms with Gasteiger partial charge in [-0.25, -0.2) is 9.69 Å². The molecule has 9 heteroatoms. The van der Waals surface area contributed by atoms with Crippen LogP contribution < -0.4 is 16.4 Å². The zero-order chi connectivity index (χ0) is 21.5. The average Bonchev–Trinajstić information content (AvgIpc) is 2.58. The van der Waals surface area contributed by atoms with Crippen LogP contribution in [-0.2, 0) is 14.3 Å². The monoisotopic (exact) mass is 387 g/mol. The summed E-state index contributed by atoms with van der Waals surface area (Å²) in [5.74, 6) is -1.48. The molecule has 0 bridgehead atoms.